The second kappa shape index (κ2) is 6.01. The van der Waals surface area contributed by atoms with Gasteiger partial charge >= 0.3 is 0 Å². The molecule has 18 heavy (non-hydrogen) atoms. The molecule has 0 fully saturated rings. The summed E-state index contributed by atoms with van der Waals surface area (Å²) >= 11 is 0. The number of methoxy groups -OCH3 is 1. The van der Waals surface area contributed by atoms with Crippen molar-refractivity contribution in [2.75, 3.05) is 20.7 Å². The predicted molar refractivity (Wildman–Crippen MR) is 74.6 cm³/mol. The molecule has 1 aromatic rings. The Hall–Kier alpha value is -1.35. The molecule has 0 aromatic heterocycles. The molecule has 0 aliphatic heterocycles. The van der Waals surface area contributed by atoms with E-state index >= 15 is 0 Å². The van der Waals surface area contributed by atoms with Gasteiger partial charge in [0, 0.05) is 0 Å². The summed E-state index contributed by atoms with van der Waals surface area (Å²) < 4.78 is 5.27. The van der Waals surface area contributed by atoms with Crippen molar-refractivity contribution in [1.29, 1.82) is 0 Å². The van der Waals surface area contributed by atoms with Crippen LogP contribution in [0, 0.1) is 0 Å². The number of carbonyl (C=O) groups excluding carboxylic acids is 1. The molecule has 0 radical (unpaired) electrons. The van der Waals surface area contributed by atoms with Crippen LogP contribution in [0.4, 0.5) is 0 Å². The van der Waals surface area contributed by atoms with Gasteiger partial charge in [0.1, 0.15) is 5.75 Å². The molecule has 1 rings (SSSR count). The molecular weight excluding hydrogens is 226 g/mol. The first-order chi connectivity index (χ1) is 8.46. The van der Waals surface area contributed by atoms with Crippen LogP contribution in [0.15, 0.2) is 18.2 Å². The number of rotatable bonds is 6. The lowest BCUT2D eigenvalue weighted by molar-refractivity contribution is 0.0990. The Morgan fingerprint density at radius 3 is 2.56 bits per heavy atom. The molecule has 0 amide bonds. The topological polar surface area (TPSA) is 38.3 Å². The van der Waals surface area contributed by atoms with Gasteiger partial charge < -0.3 is 10.1 Å². The Kier molecular flexibility index (Phi) is 4.91. The number of ether oxygens (including phenoxy) is 1. The Morgan fingerprint density at radius 2 is 2.06 bits per heavy atom. The zero-order valence-electron chi connectivity index (χ0n) is 12.0. The number of hydrogen-bond donors (Lipinski definition) is 1. The normalized spacial score (nSPS) is 11.4. The predicted octanol–water partition coefficient (Wildman–Crippen LogP) is 2.78. The summed E-state index contributed by atoms with van der Waals surface area (Å²) in [7, 11) is 3.36. The van der Waals surface area contributed by atoms with Gasteiger partial charge in [-0.25, -0.2) is 0 Å². The van der Waals surface area contributed by atoms with Gasteiger partial charge in [-0.2, -0.15) is 0 Å². The molecule has 3 heteroatoms. The van der Waals surface area contributed by atoms with E-state index in [1.807, 2.05) is 18.2 Å². The minimum absolute atomic E-state index is 0.0584. The number of likely N-dealkylation sites (N-methyl/N-ethyl adjacent to an activating group) is 1. The molecule has 0 atom stereocenters. The molecule has 3 nitrogen and oxygen atoms in total. The van der Waals surface area contributed by atoms with Gasteiger partial charge in [0.2, 0.25) is 0 Å². The SMILES string of the molecule is CCC(C)(C)c1ccc(OC)c(C(=O)CNC)c1. The van der Waals surface area contributed by atoms with Crippen molar-refractivity contribution in [2.24, 2.45) is 0 Å². The van der Waals surface area contributed by atoms with E-state index in [1.165, 1.54) is 5.56 Å². The standard InChI is InChI=1S/C15H23NO2/c1-6-15(2,3)11-7-8-14(18-5)12(9-11)13(17)10-16-4/h7-9,16H,6,10H2,1-5H3. The minimum Gasteiger partial charge on any atom is -0.496 e. The number of nitrogens with one attached hydrogen (secondary N) is 1. The first-order valence-corrected chi connectivity index (χ1v) is 6.32. The van der Waals surface area contributed by atoms with Crippen molar-refractivity contribution in [3.63, 3.8) is 0 Å². The number of hydrogen-bond acceptors (Lipinski definition) is 3. The number of carbonyl (C=O) groups is 1. The maximum atomic E-state index is 12.0. The molecule has 0 bridgehead atoms. The summed E-state index contributed by atoms with van der Waals surface area (Å²) in [5.41, 5.74) is 1.90. The van der Waals surface area contributed by atoms with E-state index in [-0.39, 0.29) is 11.2 Å². The Balaban J connectivity index is 3.21. The van der Waals surface area contributed by atoms with Gasteiger partial charge in [-0.15, -0.1) is 0 Å². The van der Waals surface area contributed by atoms with E-state index in [4.69, 9.17) is 4.74 Å². The van der Waals surface area contributed by atoms with E-state index < -0.39 is 0 Å². The lowest BCUT2D eigenvalue weighted by atomic mass is 9.81. The van der Waals surface area contributed by atoms with Crippen LogP contribution < -0.4 is 10.1 Å². The van der Waals surface area contributed by atoms with Gasteiger partial charge in [0.05, 0.1) is 19.2 Å². The van der Waals surface area contributed by atoms with Crippen LogP contribution in [0.1, 0.15) is 43.1 Å². The average molecular weight is 249 g/mol. The summed E-state index contributed by atoms with van der Waals surface area (Å²) in [6.07, 6.45) is 1.03. The van der Waals surface area contributed by atoms with Gasteiger partial charge in [-0.05, 0) is 36.6 Å². The maximum Gasteiger partial charge on any atom is 0.180 e. The van der Waals surface area contributed by atoms with E-state index in [0.717, 1.165) is 6.42 Å². The zero-order chi connectivity index (χ0) is 13.8. The van der Waals surface area contributed by atoms with E-state index in [2.05, 4.69) is 26.1 Å². The van der Waals surface area contributed by atoms with Crippen LogP contribution in [-0.4, -0.2) is 26.5 Å². The highest BCUT2D eigenvalue weighted by molar-refractivity contribution is 6.00. The number of Topliss-reactive ketones (excluding diaryl/α,β-unsaturated/α-hetero) is 1. The Bertz CT molecular complexity index is 425. The Labute approximate surface area is 110 Å². The quantitative estimate of drug-likeness (QED) is 0.788. The van der Waals surface area contributed by atoms with E-state index in [0.29, 0.717) is 17.9 Å². The molecule has 100 valence electrons. The first-order valence-electron chi connectivity index (χ1n) is 6.32. The zero-order valence-corrected chi connectivity index (χ0v) is 12.0. The lowest BCUT2D eigenvalue weighted by Crippen LogP contribution is -2.21. The molecule has 0 unspecified atom stereocenters. The first kappa shape index (κ1) is 14.7. The van der Waals surface area contributed by atoms with E-state index in [1.54, 1.807) is 14.2 Å². The molecule has 0 aliphatic carbocycles. The monoisotopic (exact) mass is 249 g/mol. The second-order valence-electron chi connectivity index (χ2n) is 5.11. The molecule has 1 N–H and O–H groups in total. The van der Waals surface area contributed by atoms with Crippen LogP contribution in [0.2, 0.25) is 0 Å². The van der Waals surface area contributed by atoms with Crippen molar-refractivity contribution in [2.45, 2.75) is 32.6 Å². The summed E-state index contributed by atoms with van der Waals surface area (Å²) in [4.78, 5) is 12.0. The lowest BCUT2D eigenvalue weighted by Gasteiger charge is -2.24. The summed E-state index contributed by atoms with van der Waals surface area (Å²) in [5, 5.41) is 2.88. The Morgan fingerprint density at radius 1 is 1.39 bits per heavy atom. The third kappa shape index (κ3) is 3.10. The number of ketones is 1. The fraction of sp³-hybridized carbons (Fsp3) is 0.533. The van der Waals surface area contributed by atoms with Crippen LogP contribution in [-0.2, 0) is 5.41 Å². The van der Waals surface area contributed by atoms with Gasteiger partial charge in [-0.3, -0.25) is 4.79 Å². The summed E-state index contributed by atoms with van der Waals surface area (Å²) in [5.74, 6) is 0.703. The fourth-order valence-corrected chi connectivity index (χ4v) is 1.81. The molecule has 0 spiro atoms. The maximum absolute atomic E-state index is 12.0. The van der Waals surface area contributed by atoms with Crippen molar-refractivity contribution in [3.8, 4) is 5.75 Å². The summed E-state index contributed by atoms with van der Waals surface area (Å²) in [6, 6.07) is 5.89. The van der Waals surface area contributed by atoms with Crippen LogP contribution in [0.25, 0.3) is 0 Å². The van der Waals surface area contributed by atoms with Crippen LogP contribution in [0.5, 0.6) is 5.75 Å². The van der Waals surface area contributed by atoms with Crippen molar-refractivity contribution >= 4 is 5.78 Å². The van der Waals surface area contributed by atoms with Gasteiger partial charge in [0.25, 0.3) is 0 Å². The molecule has 1 aromatic carbocycles. The van der Waals surface area contributed by atoms with Crippen molar-refractivity contribution in [1.82, 2.24) is 5.32 Å². The molecule has 0 saturated carbocycles. The van der Waals surface area contributed by atoms with Crippen molar-refractivity contribution in [3.05, 3.63) is 29.3 Å². The highest BCUT2D eigenvalue weighted by Gasteiger charge is 2.21. The smallest absolute Gasteiger partial charge is 0.180 e. The van der Waals surface area contributed by atoms with Crippen LogP contribution >= 0.6 is 0 Å². The van der Waals surface area contributed by atoms with Crippen molar-refractivity contribution < 1.29 is 9.53 Å². The van der Waals surface area contributed by atoms with Gasteiger partial charge in [-0.1, -0.05) is 26.8 Å². The minimum atomic E-state index is 0.0584. The third-order valence-corrected chi connectivity index (χ3v) is 3.50. The highest BCUT2D eigenvalue weighted by Crippen LogP contribution is 2.30. The highest BCUT2D eigenvalue weighted by atomic mass is 16.5. The largest absolute Gasteiger partial charge is 0.496 e. The number of benzene rings is 1. The van der Waals surface area contributed by atoms with Crippen LogP contribution in [0.3, 0.4) is 0 Å². The fourth-order valence-electron chi connectivity index (χ4n) is 1.81. The molecule has 0 heterocycles. The third-order valence-electron chi connectivity index (χ3n) is 3.50. The molecule has 0 aliphatic rings. The second-order valence-corrected chi connectivity index (χ2v) is 5.11. The van der Waals surface area contributed by atoms with E-state index in [9.17, 15) is 4.79 Å². The molecule has 0 saturated heterocycles. The summed E-state index contributed by atoms with van der Waals surface area (Å²) in [6.45, 7) is 6.84. The molecular formula is C15H23NO2. The van der Waals surface area contributed by atoms with Gasteiger partial charge in [0.15, 0.2) is 5.78 Å². The average Bonchev–Trinajstić information content (AvgIpc) is 2.38.